The smallest absolute Gasteiger partial charge is 0.227 e. The van der Waals surface area contributed by atoms with Gasteiger partial charge in [-0.05, 0) is 36.8 Å². The highest BCUT2D eigenvalue weighted by molar-refractivity contribution is 5.79. The third-order valence-electron chi connectivity index (χ3n) is 4.61. The quantitative estimate of drug-likeness (QED) is 0.736. The predicted molar refractivity (Wildman–Crippen MR) is 95.6 cm³/mol. The minimum absolute atomic E-state index is 0.153. The molecule has 3 aromatic rings. The maximum atomic E-state index is 12.7. The van der Waals surface area contributed by atoms with E-state index >= 15 is 0 Å². The molecule has 5 nitrogen and oxygen atoms in total. The number of benzene rings is 1. The molecule has 0 radical (unpaired) electrons. The largest absolute Gasteiger partial charge is 0.494 e. The Hall–Kier alpha value is -2.82. The second-order valence-electron chi connectivity index (χ2n) is 6.25. The van der Waals surface area contributed by atoms with Gasteiger partial charge in [-0.15, -0.1) is 0 Å². The number of hydrogen-bond donors (Lipinski definition) is 0. The molecule has 0 aliphatic carbocycles. The van der Waals surface area contributed by atoms with Gasteiger partial charge in [-0.1, -0.05) is 18.2 Å². The van der Waals surface area contributed by atoms with Gasteiger partial charge in [-0.25, -0.2) is 4.98 Å². The van der Waals surface area contributed by atoms with Crippen LogP contribution in [0.1, 0.15) is 23.9 Å². The average molecular weight is 335 g/mol. The van der Waals surface area contributed by atoms with Crippen molar-refractivity contribution in [3.8, 4) is 5.75 Å². The van der Waals surface area contributed by atoms with E-state index in [4.69, 9.17) is 4.74 Å². The number of hydrogen-bond acceptors (Lipinski definition) is 3. The average Bonchev–Trinajstić information content (AvgIpc) is 3.01. The highest BCUT2D eigenvalue weighted by Crippen LogP contribution is 2.21. The summed E-state index contributed by atoms with van der Waals surface area (Å²) in [6.45, 7) is 3.96. The van der Waals surface area contributed by atoms with Gasteiger partial charge in [0.1, 0.15) is 11.4 Å². The van der Waals surface area contributed by atoms with Gasteiger partial charge in [0.15, 0.2) is 0 Å². The number of carbonyl (C=O) groups excluding carboxylic acids is 1. The number of nitrogens with zero attached hydrogens (tertiary/aromatic N) is 3. The number of pyridine rings is 1. The molecule has 1 amide bonds. The lowest BCUT2D eigenvalue weighted by atomic mass is 10.1. The van der Waals surface area contributed by atoms with Crippen LogP contribution in [0.2, 0.25) is 0 Å². The first-order valence-electron chi connectivity index (χ1n) is 8.69. The molecule has 2 aromatic heterocycles. The summed E-state index contributed by atoms with van der Waals surface area (Å²) in [6, 6.07) is 13.8. The Kier molecular flexibility index (Phi) is 4.14. The number of amides is 1. The number of ether oxygens (including phenoxy) is 1. The minimum Gasteiger partial charge on any atom is -0.494 e. The van der Waals surface area contributed by atoms with Crippen molar-refractivity contribution in [1.82, 2.24) is 14.3 Å². The molecule has 1 aliphatic heterocycles. The van der Waals surface area contributed by atoms with E-state index in [1.54, 1.807) is 0 Å². The van der Waals surface area contributed by atoms with Gasteiger partial charge >= 0.3 is 0 Å². The van der Waals surface area contributed by atoms with Gasteiger partial charge in [-0.2, -0.15) is 0 Å². The zero-order valence-electron chi connectivity index (χ0n) is 14.3. The van der Waals surface area contributed by atoms with Crippen LogP contribution in [-0.2, 0) is 24.2 Å². The van der Waals surface area contributed by atoms with Crippen LogP contribution in [0.4, 0.5) is 0 Å². The van der Waals surface area contributed by atoms with Crippen LogP contribution in [0.25, 0.3) is 5.65 Å². The molecular formula is C20H21N3O2. The fourth-order valence-electron chi connectivity index (χ4n) is 3.33. The summed E-state index contributed by atoms with van der Waals surface area (Å²) in [5, 5.41) is 0. The van der Waals surface area contributed by atoms with E-state index in [0.29, 0.717) is 19.6 Å². The lowest BCUT2D eigenvalue weighted by molar-refractivity contribution is -0.131. The fourth-order valence-corrected chi connectivity index (χ4v) is 3.33. The van der Waals surface area contributed by atoms with Crippen molar-refractivity contribution in [2.45, 2.75) is 26.3 Å². The molecule has 0 spiro atoms. The summed E-state index contributed by atoms with van der Waals surface area (Å²) in [6.07, 6.45) is 3.24. The fraction of sp³-hybridized carbons (Fsp3) is 0.300. The Labute approximate surface area is 146 Å². The normalized spacial score (nSPS) is 13.7. The number of carbonyl (C=O) groups is 1. The Morgan fingerprint density at radius 1 is 1.20 bits per heavy atom. The summed E-state index contributed by atoms with van der Waals surface area (Å²) >= 11 is 0. The van der Waals surface area contributed by atoms with E-state index < -0.39 is 0 Å². The van der Waals surface area contributed by atoms with Gasteiger partial charge in [0.05, 0.1) is 31.0 Å². The first kappa shape index (κ1) is 15.7. The topological polar surface area (TPSA) is 46.8 Å². The maximum Gasteiger partial charge on any atom is 0.227 e. The number of imidazole rings is 1. The summed E-state index contributed by atoms with van der Waals surface area (Å²) < 4.78 is 7.54. The molecule has 3 heterocycles. The van der Waals surface area contributed by atoms with E-state index in [2.05, 4.69) is 9.38 Å². The summed E-state index contributed by atoms with van der Waals surface area (Å²) in [4.78, 5) is 19.3. The number of fused-ring (bicyclic) bond motifs is 3. The van der Waals surface area contributed by atoms with Crippen LogP contribution in [0.5, 0.6) is 5.75 Å². The summed E-state index contributed by atoms with van der Waals surface area (Å²) in [5.41, 5.74) is 4.20. The molecule has 0 bridgehead atoms. The van der Waals surface area contributed by atoms with Crippen molar-refractivity contribution < 1.29 is 9.53 Å². The van der Waals surface area contributed by atoms with Crippen molar-refractivity contribution >= 4 is 11.6 Å². The highest BCUT2D eigenvalue weighted by Gasteiger charge is 2.24. The first-order chi connectivity index (χ1) is 12.2. The second kappa shape index (κ2) is 6.59. The molecule has 0 fully saturated rings. The van der Waals surface area contributed by atoms with Gasteiger partial charge in [-0.3, -0.25) is 4.79 Å². The standard InChI is InChI=1S/C20H21N3O2/c1-2-25-16-8-6-15(7-9-16)13-20(24)22-12-10-17-18(14-22)23-11-4-3-5-19(23)21-17/h3-9,11H,2,10,12-14H2,1H3. The maximum absolute atomic E-state index is 12.7. The molecule has 5 heteroatoms. The van der Waals surface area contributed by atoms with Crippen LogP contribution >= 0.6 is 0 Å². The molecule has 0 unspecified atom stereocenters. The molecule has 0 saturated heterocycles. The molecule has 0 atom stereocenters. The van der Waals surface area contributed by atoms with Crippen LogP contribution < -0.4 is 4.74 Å². The Balaban J connectivity index is 1.48. The van der Waals surface area contributed by atoms with Crippen molar-refractivity contribution in [3.63, 3.8) is 0 Å². The van der Waals surface area contributed by atoms with Crippen LogP contribution in [0, 0.1) is 0 Å². The molecule has 25 heavy (non-hydrogen) atoms. The molecule has 4 rings (SSSR count). The van der Waals surface area contributed by atoms with Gasteiger partial charge < -0.3 is 14.0 Å². The molecule has 1 aliphatic rings. The summed E-state index contributed by atoms with van der Waals surface area (Å²) in [5.74, 6) is 0.993. The zero-order chi connectivity index (χ0) is 17.2. The van der Waals surface area contributed by atoms with Gasteiger partial charge in [0, 0.05) is 19.2 Å². The lowest BCUT2D eigenvalue weighted by Gasteiger charge is -2.27. The number of rotatable bonds is 4. The van der Waals surface area contributed by atoms with Crippen LogP contribution in [0.3, 0.4) is 0 Å². The molecule has 1 aromatic carbocycles. The van der Waals surface area contributed by atoms with E-state index in [9.17, 15) is 4.79 Å². The predicted octanol–water partition coefficient (Wildman–Crippen LogP) is 2.86. The van der Waals surface area contributed by atoms with Crippen LogP contribution in [0.15, 0.2) is 48.7 Å². The minimum atomic E-state index is 0.153. The van der Waals surface area contributed by atoms with E-state index in [1.807, 2.05) is 60.5 Å². The van der Waals surface area contributed by atoms with Crippen molar-refractivity contribution in [2.75, 3.05) is 13.2 Å². The zero-order valence-corrected chi connectivity index (χ0v) is 14.3. The SMILES string of the molecule is CCOc1ccc(CC(=O)N2CCc3nc4ccccn4c3C2)cc1. The Morgan fingerprint density at radius 3 is 2.84 bits per heavy atom. The Morgan fingerprint density at radius 2 is 2.04 bits per heavy atom. The lowest BCUT2D eigenvalue weighted by Crippen LogP contribution is -2.37. The van der Waals surface area contributed by atoms with Gasteiger partial charge in [0.25, 0.3) is 0 Å². The Bertz CT molecular complexity index is 899. The molecule has 128 valence electrons. The monoisotopic (exact) mass is 335 g/mol. The third-order valence-corrected chi connectivity index (χ3v) is 4.61. The highest BCUT2D eigenvalue weighted by atomic mass is 16.5. The molecular weight excluding hydrogens is 314 g/mol. The van der Waals surface area contributed by atoms with E-state index in [0.717, 1.165) is 41.3 Å². The van der Waals surface area contributed by atoms with Crippen LogP contribution in [-0.4, -0.2) is 33.3 Å². The third kappa shape index (κ3) is 3.09. The van der Waals surface area contributed by atoms with E-state index in [-0.39, 0.29) is 5.91 Å². The summed E-state index contributed by atoms with van der Waals surface area (Å²) in [7, 11) is 0. The van der Waals surface area contributed by atoms with Crippen molar-refractivity contribution in [1.29, 1.82) is 0 Å². The molecule has 0 N–H and O–H groups in total. The number of aromatic nitrogens is 2. The molecule has 0 saturated carbocycles. The second-order valence-corrected chi connectivity index (χ2v) is 6.25. The van der Waals surface area contributed by atoms with Crippen molar-refractivity contribution in [2.24, 2.45) is 0 Å². The van der Waals surface area contributed by atoms with E-state index in [1.165, 1.54) is 0 Å². The first-order valence-corrected chi connectivity index (χ1v) is 8.69. The van der Waals surface area contributed by atoms with Gasteiger partial charge in [0.2, 0.25) is 5.91 Å². The van der Waals surface area contributed by atoms with Crippen molar-refractivity contribution in [3.05, 3.63) is 65.6 Å².